The van der Waals surface area contributed by atoms with Crippen LogP contribution in [-0.4, -0.2) is 82.3 Å². The Labute approximate surface area is 564 Å². The number of hydrogen-bond acceptors (Lipinski definition) is 8. The van der Waals surface area contributed by atoms with Crippen molar-refractivity contribution in [3.05, 3.63) is 72.9 Å². The quantitative estimate of drug-likeness (QED) is 0.0195. The van der Waals surface area contributed by atoms with E-state index >= 15 is 0 Å². The van der Waals surface area contributed by atoms with Gasteiger partial charge in [0.2, 0.25) is 0 Å². The zero-order valence-electron chi connectivity index (χ0n) is 60.7. The van der Waals surface area contributed by atoms with Gasteiger partial charge in [-0.3, -0.25) is 9.59 Å². The molecule has 530 valence electrons. The molecule has 0 heterocycles. The third kappa shape index (κ3) is 74.0. The van der Waals surface area contributed by atoms with Crippen molar-refractivity contribution in [2.24, 2.45) is 0 Å². The second-order valence-corrected chi connectivity index (χ2v) is 27.6. The van der Waals surface area contributed by atoms with Gasteiger partial charge in [0.1, 0.15) is 13.2 Å². The molecule has 0 fully saturated rings. The van der Waals surface area contributed by atoms with Gasteiger partial charge in [0, 0.05) is 12.8 Å². The Morgan fingerprint density at radius 1 is 0.341 bits per heavy atom. The lowest BCUT2D eigenvalue weighted by Crippen LogP contribution is -2.44. The molecule has 0 radical (unpaired) electrons. The van der Waals surface area contributed by atoms with E-state index in [1.165, 1.54) is 263 Å². The Morgan fingerprint density at radius 2 is 0.626 bits per heavy atom. The van der Waals surface area contributed by atoms with Gasteiger partial charge in [-0.15, -0.1) is 0 Å². The molecule has 2 atom stereocenters. The van der Waals surface area contributed by atoms with Crippen molar-refractivity contribution in [3.63, 3.8) is 0 Å². The molecule has 0 aromatic carbocycles. The van der Waals surface area contributed by atoms with Crippen LogP contribution in [0.25, 0.3) is 0 Å². The van der Waals surface area contributed by atoms with Crippen LogP contribution in [0.4, 0.5) is 0 Å². The average molecular weight is 1280 g/mol. The zero-order chi connectivity index (χ0) is 66.1. The number of carboxylic acid groups (broad SMARTS) is 1. The van der Waals surface area contributed by atoms with Crippen LogP contribution in [0.5, 0.6) is 0 Å². The maximum Gasteiger partial charge on any atom is 0.306 e. The van der Waals surface area contributed by atoms with Crippen molar-refractivity contribution in [2.75, 3.05) is 47.5 Å². The molecule has 0 rings (SSSR count). The first-order valence-corrected chi connectivity index (χ1v) is 39.1. The Kier molecular flexibility index (Phi) is 69.9. The summed E-state index contributed by atoms with van der Waals surface area (Å²) >= 11 is 0. The Morgan fingerprint density at radius 3 is 0.945 bits per heavy atom. The number of quaternary nitrogens is 1. The minimum Gasteiger partial charge on any atom is -0.545 e. The van der Waals surface area contributed by atoms with E-state index in [2.05, 4.69) is 86.8 Å². The van der Waals surface area contributed by atoms with Gasteiger partial charge in [-0.2, -0.15) is 0 Å². The van der Waals surface area contributed by atoms with E-state index in [-0.39, 0.29) is 32.2 Å². The molecule has 0 saturated carbocycles. The fourth-order valence-corrected chi connectivity index (χ4v) is 11.5. The average Bonchev–Trinajstić information content (AvgIpc) is 3.46. The SMILES string of the molecule is CC/C=C\C/C=C\C/C=C\C/C=C\C/C=C\CCCCCCCCCCCCCC(=O)OC(COC(=O)CCCCCCCCCCCCCCCCCCCCCCCCCCCCC/C=C\CCCCCCCCCC)COC(OCC[N+](C)(C)C)C(=O)[O-]. The number of unbranched alkanes of at least 4 members (excludes halogenated alkanes) is 46. The predicted octanol–water partition coefficient (Wildman–Crippen LogP) is 23.5. The third-order valence-electron chi connectivity index (χ3n) is 17.4. The minimum atomic E-state index is -1.62. The molecule has 0 aromatic rings. The number of nitrogens with zero attached hydrogens (tertiary/aromatic N) is 1. The standard InChI is InChI=1S/C82H149NO8/c1-6-8-10-12-14-16-18-20-22-24-26-28-30-32-34-35-36-37-38-39-40-41-42-43-44-45-47-48-50-52-54-56-58-60-62-64-66-68-70-72-79(84)89-76-78(77-90-82(81(86)87)88-75-74-83(3,4)5)91-80(85)73-71-69-67-65-63-61-59-57-55-53-51-49-46-33-31-29-27-25-23-21-19-17-15-13-11-9-7-2/h9,11,15,17,21,23-24,26-27,29,33,46,78,82H,6-8,10,12-14,16,18-20,22,25,28,30-32,34-45,47-77H2,1-5H3/b11-9-,17-15-,23-21-,26-24-,29-27-,46-33-. The molecule has 0 aliphatic carbocycles. The highest BCUT2D eigenvalue weighted by atomic mass is 16.7. The highest BCUT2D eigenvalue weighted by molar-refractivity contribution is 5.70. The van der Waals surface area contributed by atoms with Crippen LogP contribution < -0.4 is 5.11 Å². The van der Waals surface area contributed by atoms with Crippen molar-refractivity contribution >= 4 is 17.9 Å². The molecule has 9 heteroatoms. The number of likely N-dealkylation sites (N-methyl/N-ethyl adjacent to an activating group) is 1. The summed E-state index contributed by atoms with van der Waals surface area (Å²) in [4.78, 5) is 37.6. The van der Waals surface area contributed by atoms with E-state index < -0.39 is 24.3 Å². The molecule has 0 saturated heterocycles. The monoisotopic (exact) mass is 1280 g/mol. The van der Waals surface area contributed by atoms with E-state index in [0.717, 1.165) is 77.0 Å². The first-order valence-electron chi connectivity index (χ1n) is 39.1. The van der Waals surface area contributed by atoms with Gasteiger partial charge in [-0.05, 0) is 83.5 Å². The number of aliphatic carboxylic acids is 1. The summed E-state index contributed by atoms with van der Waals surface area (Å²) in [6, 6.07) is 0. The maximum absolute atomic E-state index is 12.9. The van der Waals surface area contributed by atoms with Crippen LogP contribution in [0.3, 0.4) is 0 Å². The second kappa shape index (κ2) is 72.6. The van der Waals surface area contributed by atoms with Gasteiger partial charge in [-0.1, -0.05) is 350 Å². The minimum absolute atomic E-state index is 0.147. The molecule has 0 aromatic heterocycles. The lowest BCUT2D eigenvalue weighted by Gasteiger charge is -2.26. The van der Waals surface area contributed by atoms with Gasteiger partial charge < -0.3 is 33.3 Å². The van der Waals surface area contributed by atoms with E-state index in [0.29, 0.717) is 23.9 Å². The van der Waals surface area contributed by atoms with Gasteiger partial charge in [-0.25, -0.2) is 0 Å². The topological polar surface area (TPSA) is 111 Å². The van der Waals surface area contributed by atoms with E-state index in [1.807, 2.05) is 21.1 Å². The summed E-state index contributed by atoms with van der Waals surface area (Å²) in [6.45, 7) is 4.68. The van der Waals surface area contributed by atoms with Crippen molar-refractivity contribution in [2.45, 2.75) is 386 Å². The highest BCUT2D eigenvalue weighted by Crippen LogP contribution is 2.19. The Balaban J connectivity index is 3.97. The van der Waals surface area contributed by atoms with Crippen molar-refractivity contribution in [3.8, 4) is 0 Å². The van der Waals surface area contributed by atoms with Crippen LogP contribution in [0.1, 0.15) is 373 Å². The molecule has 0 N–H and O–H groups in total. The Hall–Kier alpha value is -3.27. The number of carbonyl (C=O) groups excluding carboxylic acids is 3. The molecular weight excluding hydrogens is 1130 g/mol. The van der Waals surface area contributed by atoms with Crippen molar-refractivity contribution in [1.29, 1.82) is 0 Å². The second-order valence-electron chi connectivity index (χ2n) is 27.6. The molecule has 2 unspecified atom stereocenters. The fourth-order valence-electron chi connectivity index (χ4n) is 11.5. The third-order valence-corrected chi connectivity index (χ3v) is 17.4. The summed E-state index contributed by atoms with van der Waals surface area (Å²) in [7, 11) is 5.94. The lowest BCUT2D eigenvalue weighted by atomic mass is 10.0. The number of ether oxygens (including phenoxy) is 4. The number of allylic oxidation sites excluding steroid dienone is 12. The fraction of sp³-hybridized carbons (Fsp3) is 0.817. The van der Waals surface area contributed by atoms with Gasteiger partial charge in [0.25, 0.3) is 0 Å². The zero-order valence-corrected chi connectivity index (χ0v) is 60.7. The highest BCUT2D eigenvalue weighted by Gasteiger charge is 2.22. The van der Waals surface area contributed by atoms with Crippen LogP contribution in [-0.2, 0) is 33.3 Å². The molecule has 0 amide bonds. The van der Waals surface area contributed by atoms with Crippen LogP contribution >= 0.6 is 0 Å². The molecular formula is C82H149NO8. The summed E-state index contributed by atoms with van der Waals surface area (Å²) in [5.41, 5.74) is 0. The maximum atomic E-state index is 12.9. The van der Waals surface area contributed by atoms with Crippen molar-refractivity contribution in [1.82, 2.24) is 0 Å². The summed E-state index contributed by atoms with van der Waals surface area (Å²) in [5.74, 6) is -2.27. The Bertz CT molecular complexity index is 1730. The molecule has 9 nitrogen and oxygen atoms in total. The molecule has 91 heavy (non-hydrogen) atoms. The summed E-state index contributed by atoms with van der Waals surface area (Å²) in [5, 5.41) is 11.8. The first-order chi connectivity index (χ1) is 44.6. The van der Waals surface area contributed by atoms with Crippen LogP contribution in [0.15, 0.2) is 72.9 Å². The predicted molar refractivity (Wildman–Crippen MR) is 389 cm³/mol. The number of carboxylic acids is 1. The van der Waals surface area contributed by atoms with Crippen LogP contribution in [0.2, 0.25) is 0 Å². The van der Waals surface area contributed by atoms with E-state index in [4.69, 9.17) is 18.9 Å². The normalized spacial score (nSPS) is 13.0. The largest absolute Gasteiger partial charge is 0.545 e. The molecule has 0 spiro atoms. The van der Waals surface area contributed by atoms with Gasteiger partial charge >= 0.3 is 11.9 Å². The number of esters is 2. The smallest absolute Gasteiger partial charge is 0.306 e. The lowest BCUT2D eigenvalue weighted by molar-refractivity contribution is -0.870. The number of rotatable bonds is 73. The molecule has 0 aliphatic rings. The summed E-state index contributed by atoms with van der Waals surface area (Å²) < 4.78 is 22.8. The van der Waals surface area contributed by atoms with Crippen molar-refractivity contribution < 1.29 is 42.9 Å². The molecule has 0 aliphatic heterocycles. The molecule has 0 bridgehead atoms. The van der Waals surface area contributed by atoms with Crippen LogP contribution in [0, 0.1) is 0 Å². The number of hydrogen-bond donors (Lipinski definition) is 0. The van der Waals surface area contributed by atoms with Gasteiger partial charge in [0.15, 0.2) is 12.4 Å². The van der Waals surface area contributed by atoms with E-state index in [1.54, 1.807) is 0 Å². The van der Waals surface area contributed by atoms with E-state index in [9.17, 15) is 19.5 Å². The van der Waals surface area contributed by atoms with Gasteiger partial charge in [0.05, 0.1) is 40.3 Å². The number of carbonyl (C=O) groups is 3. The first kappa shape index (κ1) is 87.7. The summed E-state index contributed by atoms with van der Waals surface area (Å²) in [6.07, 6.45) is 94.6.